The Labute approximate surface area is 170 Å². The van der Waals surface area contributed by atoms with Crippen LogP contribution in [0.5, 0.6) is 0 Å². The van der Waals surface area contributed by atoms with Crippen molar-refractivity contribution in [2.75, 3.05) is 25.4 Å². The molecule has 6 nitrogen and oxygen atoms in total. The Kier molecular flexibility index (Phi) is 8.76. The molecule has 2 aliphatic heterocycles. The zero-order chi connectivity index (χ0) is 19.8. The van der Waals surface area contributed by atoms with Gasteiger partial charge in [-0.3, -0.25) is 19.3 Å². The zero-order valence-corrected chi connectivity index (χ0v) is 17.8. The van der Waals surface area contributed by atoms with E-state index >= 15 is 0 Å². The quantitative estimate of drug-likeness (QED) is 0.237. The number of rotatable bonds is 10. The molecule has 2 amide bonds. The maximum atomic E-state index is 12.8. The van der Waals surface area contributed by atoms with Crippen molar-refractivity contribution in [3.63, 3.8) is 0 Å². The fourth-order valence-corrected chi connectivity index (χ4v) is 4.58. The maximum absolute atomic E-state index is 12.8. The standard InChI is InChI=1S/C19H28N2O4S2/c1-3-5-6-7-8-9-10-20-16(26)11-14(18(20)24)19-21(15(22)13-27-19)12-17(23)25-4-2/h3-13H2,1-2H3. The fraction of sp³-hybridized carbons (Fsp3) is 0.684. The molecule has 0 aromatic carbocycles. The predicted molar refractivity (Wildman–Crippen MR) is 110 cm³/mol. The lowest BCUT2D eigenvalue weighted by molar-refractivity contribution is -0.146. The first-order valence-electron chi connectivity index (χ1n) is 9.66. The molecule has 2 heterocycles. The van der Waals surface area contributed by atoms with Crippen molar-refractivity contribution < 1.29 is 19.1 Å². The number of thiocarbonyl (C=S) groups is 1. The lowest BCUT2D eigenvalue weighted by Gasteiger charge is -2.18. The molecule has 0 radical (unpaired) electrons. The molecule has 27 heavy (non-hydrogen) atoms. The van der Waals surface area contributed by atoms with E-state index < -0.39 is 5.97 Å². The second-order valence-electron chi connectivity index (χ2n) is 6.65. The molecule has 0 atom stereocenters. The molecule has 0 aromatic heterocycles. The van der Waals surface area contributed by atoms with Gasteiger partial charge in [0.1, 0.15) is 6.54 Å². The van der Waals surface area contributed by atoms with Gasteiger partial charge in [-0.05, 0) is 13.3 Å². The molecule has 150 valence electrons. The Balaban J connectivity index is 2.00. The highest BCUT2D eigenvalue weighted by Gasteiger charge is 2.39. The van der Waals surface area contributed by atoms with E-state index in [-0.39, 0.29) is 30.7 Å². The van der Waals surface area contributed by atoms with E-state index in [0.717, 1.165) is 12.8 Å². The number of amides is 2. The second-order valence-corrected chi connectivity index (χ2v) is 8.09. The largest absolute Gasteiger partial charge is 0.465 e. The first-order valence-corrected chi connectivity index (χ1v) is 11.1. The summed E-state index contributed by atoms with van der Waals surface area (Å²) in [4.78, 5) is 40.4. The first-order chi connectivity index (χ1) is 13.0. The smallest absolute Gasteiger partial charge is 0.326 e. The van der Waals surface area contributed by atoms with Crippen molar-refractivity contribution in [2.24, 2.45) is 0 Å². The number of likely N-dealkylation sites (tertiary alicyclic amines) is 1. The van der Waals surface area contributed by atoms with Crippen molar-refractivity contribution in [2.45, 2.75) is 58.8 Å². The van der Waals surface area contributed by atoms with Crippen molar-refractivity contribution in [1.82, 2.24) is 9.80 Å². The fourth-order valence-electron chi connectivity index (χ4n) is 3.19. The number of hydrogen-bond donors (Lipinski definition) is 0. The van der Waals surface area contributed by atoms with E-state index in [1.807, 2.05) is 0 Å². The summed E-state index contributed by atoms with van der Waals surface area (Å²) < 4.78 is 4.94. The summed E-state index contributed by atoms with van der Waals surface area (Å²) >= 11 is 6.72. The number of carbonyl (C=O) groups is 3. The van der Waals surface area contributed by atoms with Crippen molar-refractivity contribution in [3.8, 4) is 0 Å². The van der Waals surface area contributed by atoms with E-state index in [2.05, 4.69) is 6.92 Å². The van der Waals surface area contributed by atoms with E-state index in [4.69, 9.17) is 17.0 Å². The Morgan fingerprint density at radius 3 is 2.52 bits per heavy atom. The van der Waals surface area contributed by atoms with Crippen LogP contribution < -0.4 is 0 Å². The summed E-state index contributed by atoms with van der Waals surface area (Å²) in [5.74, 6) is -0.540. The molecule has 8 heteroatoms. The monoisotopic (exact) mass is 412 g/mol. The highest BCUT2D eigenvalue weighted by Crippen LogP contribution is 2.36. The summed E-state index contributed by atoms with van der Waals surface area (Å²) in [5, 5.41) is 0.561. The van der Waals surface area contributed by atoms with Crippen LogP contribution in [0.1, 0.15) is 58.8 Å². The number of esters is 1. The second kappa shape index (κ2) is 10.8. The van der Waals surface area contributed by atoms with Gasteiger partial charge in [-0.2, -0.15) is 0 Å². The van der Waals surface area contributed by atoms with Gasteiger partial charge in [0.05, 0.1) is 28.0 Å². The van der Waals surface area contributed by atoms with E-state index in [9.17, 15) is 14.4 Å². The Bertz CT molecular complexity index is 633. The minimum Gasteiger partial charge on any atom is -0.465 e. The summed E-state index contributed by atoms with van der Waals surface area (Å²) in [5.41, 5.74) is 0.533. The summed E-state index contributed by atoms with van der Waals surface area (Å²) in [7, 11) is 0. The average Bonchev–Trinajstić information content (AvgIpc) is 3.12. The van der Waals surface area contributed by atoms with Gasteiger partial charge in [0, 0.05) is 13.0 Å². The van der Waals surface area contributed by atoms with Gasteiger partial charge in [-0.25, -0.2) is 0 Å². The minimum atomic E-state index is -0.469. The highest BCUT2D eigenvalue weighted by molar-refractivity contribution is 8.04. The van der Waals surface area contributed by atoms with Crippen LogP contribution in [0.15, 0.2) is 10.6 Å². The normalized spacial score (nSPS) is 20.1. The van der Waals surface area contributed by atoms with Crippen molar-refractivity contribution >= 4 is 46.8 Å². The van der Waals surface area contributed by atoms with Crippen LogP contribution in [0.2, 0.25) is 0 Å². The molecule has 2 rings (SSSR count). The molecular weight excluding hydrogens is 384 g/mol. The molecule has 0 saturated carbocycles. The summed E-state index contributed by atoms with van der Waals surface area (Å²) in [6, 6.07) is 0. The van der Waals surface area contributed by atoms with Gasteiger partial charge in [0.2, 0.25) is 5.91 Å². The molecule has 2 saturated heterocycles. The highest BCUT2D eigenvalue weighted by atomic mass is 32.2. The molecule has 2 fully saturated rings. The van der Waals surface area contributed by atoms with E-state index in [1.165, 1.54) is 42.3 Å². The maximum Gasteiger partial charge on any atom is 0.326 e. The van der Waals surface area contributed by atoms with Crippen LogP contribution in [0, 0.1) is 0 Å². The van der Waals surface area contributed by atoms with Gasteiger partial charge < -0.3 is 9.64 Å². The molecule has 0 unspecified atom stereocenters. The molecule has 0 spiro atoms. The summed E-state index contributed by atoms with van der Waals surface area (Å²) in [6.45, 7) is 4.63. The molecule has 2 aliphatic rings. The number of nitrogens with zero attached hydrogens (tertiary/aromatic N) is 2. The van der Waals surface area contributed by atoms with Crippen LogP contribution >= 0.6 is 24.0 Å². The van der Waals surface area contributed by atoms with E-state index in [0.29, 0.717) is 28.6 Å². The number of hydrogen-bond acceptors (Lipinski definition) is 6. The van der Waals surface area contributed by atoms with Gasteiger partial charge in [0.15, 0.2) is 0 Å². The molecule has 0 N–H and O–H groups in total. The predicted octanol–water partition coefficient (Wildman–Crippen LogP) is 3.26. The molecule has 0 bridgehead atoms. The number of carbonyl (C=O) groups excluding carboxylic acids is 3. The average molecular weight is 413 g/mol. The SMILES string of the molecule is CCCCCCCCN1C(=O)C(=C2SCC(=O)N2CC(=O)OCC)CC1=S. The van der Waals surface area contributed by atoms with Crippen LogP contribution in [-0.4, -0.2) is 58.0 Å². The van der Waals surface area contributed by atoms with Crippen LogP contribution in [-0.2, 0) is 19.1 Å². The topological polar surface area (TPSA) is 66.9 Å². The Hall–Kier alpha value is -1.41. The van der Waals surface area contributed by atoms with Crippen LogP contribution in [0.25, 0.3) is 0 Å². The lowest BCUT2D eigenvalue weighted by atomic mass is 10.1. The molecule has 0 aromatic rings. The zero-order valence-electron chi connectivity index (χ0n) is 16.1. The third-order valence-electron chi connectivity index (χ3n) is 4.60. The van der Waals surface area contributed by atoms with Gasteiger partial charge >= 0.3 is 5.97 Å². The third kappa shape index (κ3) is 5.78. The van der Waals surface area contributed by atoms with Crippen molar-refractivity contribution in [1.29, 1.82) is 0 Å². The minimum absolute atomic E-state index is 0.125. The van der Waals surface area contributed by atoms with Gasteiger partial charge in [0.25, 0.3) is 5.91 Å². The first kappa shape index (κ1) is 21.9. The van der Waals surface area contributed by atoms with Crippen LogP contribution in [0.3, 0.4) is 0 Å². The number of thioether (sulfide) groups is 1. The van der Waals surface area contributed by atoms with Crippen LogP contribution in [0.4, 0.5) is 0 Å². The van der Waals surface area contributed by atoms with Gasteiger partial charge in [-0.15, -0.1) is 0 Å². The Morgan fingerprint density at radius 2 is 1.81 bits per heavy atom. The van der Waals surface area contributed by atoms with Gasteiger partial charge in [-0.1, -0.05) is 63.0 Å². The lowest BCUT2D eigenvalue weighted by Crippen LogP contribution is -2.33. The number of unbranched alkanes of at least 4 members (excludes halogenated alkanes) is 5. The number of ether oxygens (including phenoxy) is 1. The molecular formula is C19H28N2O4S2. The Morgan fingerprint density at radius 1 is 1.11 bits per heavy atom. The molecule has 0 aliphatic carbocycles. The van der Waals surface area contributed by atoms with E-state index in [1.54, 1.807) is 11.8 Å². The third-order valence-corrected chi connectivity index (χ3v) is 6.09. The van der Waals surface area contributed by atoms with Crippen molar-refractivity contribution in [3.05, 3.63) is 10.6 Å². The summed E-state index contributed by atoms with van der Waals surface area (Å²) in [6.07, 6.45) is 7.24.